The van der Waals surface area contributed by atoms with Crippen molar-refractivity contribution in [3.05, 3.63) is 63.1 Å². The average molecular weight is 549 g/mol. The highest BCUT2D eigenvalue weighted by atomic mass is 79.9. The van der Waals surface area contributed by atoms with Gasteiger partial charge in [-0.2, -0.15) is 0 Å². The van der Waals surface area contributed by atoms with E-state index in [1.165, 1.54) is 5.56 Å². The van der Waals surface area contributed by atoms with Gasteiger partial charge in [-0.3, -0.25) is 9.80 Å². The predicted octanol–water partition coefficient (Wildman–Crippen LogP) is 4.78. The third-order valence-corrected chi connectivity index (χ3v) is 5.35. The minimum Gasteiger partial charge on any atom is -0.485 e. The summed E-state index contributed by atoms with van der Waals surface area (Å²) in [6, 6.07) is 10.1. The van der Waals surface area contributed by atoms with Crippen molar-refractivity contribution in [2.45, 2.75) is 12.6 Å². The number of hydrogen-bond acceptors (Lipinski definition) is 4. The fraction of sp³-hybridized carbons (Fsp3) is 0.400. The molecule has 4 nitrogen and oxygen atoms in total. The normalized spacial score (nSPS) is 15.8. The summed E-state index contributed by atoms with van der Waals surface area (Å²) in [6.45, 7) is 4.48. The Morgan fingerprint density at radius 3 is 2.10 bits per heavy atom. The molecule has 0 aliphatic carbocycles. The van der Waals surface area contributed by atoms with E-state index >= 15 is 0 Å². The molecular formula is C20H24BrCl3F2N2O2. The molecule has 1 aliphatic heterocycles. The number of aliphatic hydroxyl groups excluding tert-OH is 1. The quantitative estimate of drug-likeness (QED) is 0.540. The topological polar surface area (TPSA) is 35.9 Å². The summed E-state index contributed by atoms with van der Waals surface area (Å²) in [4.78, 5) is 4.47. The summed E-state index contributed by atoms with van der Waals surface area (Å²) >= 11 is 8.93. The van der Waals surface area contributed by atoms with Crippen molar-refractivity contribution in [3.8, 4) is 5.75 Å². The molecule has 1 saturated heterocycles. The van der Waals surface area contributed by atoms with Crippen molar-refractivity contribution in [1.82, 2.24) is 9.80 Å². The Bertz CT molecular complexity index is 771. The molecule has 2 aromatic carbocycles. The number of rotatable bonds is 7. The molecule has 0 spiro atoms. The lowest BCUT2D eigenvalue weighted by atomic mass is 10.2. The van der Waals surface area contributed by atoms with Crippen LogP contribution in [0.4, 0.5) is 8.78 Å². The van der Waals surface area contributed by atoms with E-state index in [1.54, 1.807) is 0 Å². The number of aliphatic hydroxyl groups is 1. The maximum Gasteiger partial charge on any atom is 0.190 e. The lowest BCUT2D eigenvalue weighted by Gasteiger charge is -2.35. The Balaban J connectivity index is 0.00000225. The summed E-state index contributed by atoms with van der Waals surface area (Å²) in [6.07, 6.45) is -0.828. The van der Waals surface area contributed by atoms with Gasteiger partial charge in [0.05, 0.1) is 0 Å². The molecule has 0 aromatic heterocycles. The zero-order valence-electron chi connectivity index (χ0n) is 16.1. The molecule has 1 unspecified atom stereocenters. The molecule has 1 aliphatic rings. The number of nitrogens with zero attached hydrogens (tertiary/aromatic N) is 2. The Kier molecular flexibility index (Phi) is 11.9. The second-order valence-corrected chi connectivity index (χ2v) is 8.22. The zero-order valence-corrected chi connectivity index (χ0v) is 20.0. The van der Waals surface area contributed by atoms with E-state index in [-0.39, 0.29) is 31.4 Å². The molecule has 1 atom stereocenters. The van der Waals surface area contributed by atoms with E-state index < -0.39 is 23.5 Å². The van der Waals surface area contributed by atoms with E-state index in [4.69, 9.17) is 16.3 Å². The highest BCUT2D eigenvalue weighted by Crippen LogP contribution is 2.26. The van der Waals surface area contributed by atoms with Crippen LogP contribution in [-0.4, -0.2) is 60.3 Å². The molecule has 1 N–H and O–H groups in total. The van der Waals surface area contributed by atoms with Crippen LogP contribution in [0.15, 0.2) is 40.9 Å². The highest BCUT2D eigenvalue weighted by Gasteiger charge is 2.20. The number of ether oxygens (including phenoxy) is 1. The molecule has 168 valence electrons. The van der Waals surface area contributed by atoms with Crippen LogP contribution in [0.25, 0.3) is 0 Å². The Hall–Kier alpha value is -0.670. The summed E-state index contributed by atoms with van der Waals surface area (Å²) in [7, 11) is 0. The van der Waals surface area contributed by atoms with E-state index in [1.807, 2.05) is 24.3 Å². The van der Waals surface area contributed by atoms with Gasteiger partial charge >= 0.3 is 0 Å². The molecule has 0 bridgehead atoms. The maximum absolute atomic E-state index is 13.8. The van der Waals surface area contributed by atoms with E-state index in [0.29, 0.717) is 11.0 Å². The van der Waals surface area contributed by atoms with Gasteiger partial charge in [0.1, 0.15) is 12.7 Å². The highest BCUT2D eigenvalue weighted by molar-refractivity contribution is 9.10. The fourth-order valence-electron chi connectivity index (χ4n) is 3.18. The SMILES string of the molecule is Cl.Cl.OC(COc1c(F)cc(Br)cc1F)CN1CCN(Cc2ccc(Cl)cc2)CC1. The molecule has 30 heavy (non-hydrogen) atoms. The second kappa shape index (κ2) is 13.0. The van der Waals surface area contributed by atoms with E-state index in [2.05, 4.69) is 25.7 Å². The molecule has 0 saturated carbocycles. The van der Waals surface area contributed by atoms with Gasteiger partial charge in [-0.15, -0.1) is 24.8 Å². The first-order chi connectivity index (χ1) is 13.4. The van der Waals surface area contributed by atoms with Gasteiger partial charge in [0.25, 0.3) is 0 Å². The first-order valence-electron chi connectivity index (χ1n) is 9.05. The van der Waals surface area contributed by atoms with Gasteiger partial charge in [0.2, 0.25) is 0 Å². The van der Waals surface area contributed by atoms with Crippen LogP contribution in [0.1, 0.15) is 5.56 Å². The Morgan fingerprint density at radius 1 is 1.00 bits per heavy atom. The summed E-state index contributed by atoms with van der Waals surface area (Å²) in [5.74, 6) is -2.06. The molecule has 2 aromatic rings. The van der Waals surface area contributed by atoms with Crippen molar-refractivity contribution in [2.24, 2.45) is 0 Å². The minimum absolute atomic E-state index is 0. The number of halogens is 6. The standard InChI is InChI=1S/C20H22BrClF2N2O2.2ClH/c21-15-9-18(23)20(19(24)10-15)28-13-17(27)12-26-7-5-25(6-8-26)11-14-1-3-16(22)4-2-14;;/h1-4,9-10,17,27H,5-8,11-13H2;2*1H. The summed E-state index contributed by atoms with van der Waals surface area (Å²) in [5.41, 5.74) is 1.21. The van der Waals surface area contributed by atoms with Crippen LogP contribution in [0.2, 0.25) is 5.02 Å². The number of piperazine rings is 1. The van der Waals surface area contributed by atoms with E-state index in [9.17, 15) is 13.9 Å². The maximum atomic E-state index is 13.8. The van der Waals surface area contributed by atoms with Gasteiger partial charge in [-0.25, -0.2) is 8.78 Å². The van der Waals surface area contributed by atoms with Crippen molar-refractivity contribution in [3.63, 3.8) is 0 Å². The minimum atomic E-state index is -0.828. The van der Waals surface area contributed by atoms with Gasteiger partial charge in [0.15, 0.2) is 17.4 Å². The Morgan fingerprint density at radius 2 is 1.53 bits per heavy atom. The smallest absolute Gasteiger partial charge is 0.190 e. The van der Waals surface area contributed by atoms with Crippen LogP contribution in [0, 0.1) is 11.6 Å². The molecule has 10 heteroatoms. The monoisotopic (exact) mass is 546 g/mol. The number of benzene rings is 2. The van der Waals surface area contributed by atoms with Gasteiger partial charge < -0.3 is 9.84 Å². The predicted molar refractivity (Wildman–Crippen MR) is 123 cm³/mol. The van der Waals surface area contributed by atoms with E-state index in [0.717, 1.165) is 49.9 Å². The average Bonchev–Trinajstić information content (AvgIpc) is 2.64. The lowest BCUT2D eigenvalue weighted by molar-refractivity contribution is 0.0428. The lowest BCUT2D eigenvalue weighted by Crippen LogP contribution is -2.48. The summed E-state index contributed by atoms with van der Waals surface area (Å²) < 4.78 is 33.0. The number of hydrogen-bond donors (Lipinski definition) is 1. The van der Waals surface area contributed by atoms with Crippen LogP contribution >= 0.6 is 52.3 Å². The zero-order chi connectivity index (χ0) is 20.1. The van der Waals surface area contributed by atoms with Crippen LogP contribution in [0.5, 0.6) is 5.75 Å². The van der Waals surface area contributed by atoms with Crippen molar-refractivity contribution < 1.29 is 18.6 Å². The largest absolute Gasteiger partial charge is 0.485 e. The summed E-state index contributed by atoms with van der Waals surface area (Å²) in [5, 5.41) is 10.9. The third-order valence-electron chi connectivity index (χ3n) is 4.64. The Labute approximate surface area is 201 Å². The first-order valence-corrected chi connectivity index (χ1v) is 10.2. The van der Waals surface area contributed by atoms with Crippen LogP contribution in [0.3, 0.4) is 0 Å². The molecule has 0 amide bonds. The second-order valence-electron chi connectivity index (χ2n) is 6.87. The van der Waals surface area contributed by atoms with Crippen molar-refractivity contribution >= 4 is 52.3 Å². The molecule has 3 rings (SSSR count). The molecule has 0 radical (unpaired) electrons. The van der Waals surface area contributed by atoms with Gasteiger partial charge in [-0.1, -0.05) is 39.7 Å². The molecule has 1 heterocycles. The van der Waals surface area contributed by atoms with Crippen molar-refractivity contribution in [1.29, 1.82) is 0 Å². The number of β-amino-alcohol motifs (C(OH)–C–C–N with tert-alkyl or cyclic N) is 1. The third kappa shape index (κ3) is 8.11. The molecular weight excluding hydrogens is 524 g/mol. The van der Waals surface area contributed by atoms with Gasteiger partial charge in [0, 0.05) is 48.8 Å². The van der Waals surface area contributed by atoms with Crippen LogP contribution < -0.4 is 4.74 Å². The first kappa shape index (κ1) is 27.4. The molecule has 1 fully saturated rings. The van der Waals surface area contributed by atoms with Crippen LogP contribution in [-0.2, 0) is 6.54 Å². The van der Waals surface area contributed by atoms with Gasteiger partial charge in [-0.05, 0) is 29.8 Å². The fourth-order valence-corrected chi connectivity index (χ4v) is 3.70. The van der Waals surface area contributed by atoms with Crippen molar-refractivity contribution in [2.75, 3.05) is 39.3 Å².